The zero-order chi connectivity index (χ0) is 40.6. The lowest BCUT2D eigenvalue weighted by molar-refractivity contribution is 0.0549. The molecule has 0 bridgehead atoms. The maximum Gasteiger partial charge on any atom is 0.164 e. The molecule has 132 valence electrons. The highest BCUT2D eigenvalue weighted by Gasteiger charge is 2.30. The van der Waals surface area contributed by atoms with Gasteiger partial charge in [-0.2, -0.15) is 0 Å². The summed E-state index contributed by atoms with van der Waals surface area (Å²) in [4.78, 5) is 12.6. The summed E-state index contributed by atoms with van der Waals surface area (Å²) < 4.78 is 217. The van der Waals surface area contributed by atoms with Crippen LogP contribution in [0.15, 0.2) is 60.4 Å². The van der Waals surface area contributed by atoms with Gasteiger partial charge in [0.05, 0.1) is 21.2 Å². The van der Waals surface area contributed by atoms with Crippen LogP contribution in [0.3, 0.4) is 0 Å². The predicted octanol–water partition coefficient (Wildman–Crippen LogP) is 4.24. The first kappa shape index (κ1) is 4.29. The molecule has 3 nitrogen and oxygen atoms in total. The van der Waals surface area contributed by atoms with E-state index in [-0.39, 0.29) is 0 Å². The van der Waals surface area contributed by atoms with Crippen LogP contribution < -0.4 is 0 Å². The topological polar surface area (TPSA) is 40.5 Å². The van der Waals surface area contributed by atoms with E-state index in [0.29, 0.717) is 0 Å². The fourth-order valence-corrected chi connectivity index (χ4v) is 1.62. The Kier molecular flexibility index (Phi) is 1.44. The van der Waals surface area contributed by atoms with Crippen molar-refractivity contribution in [3.8, 4) is 0 Å². The van der Waals surface area contributed by atoms with Crippen LogP contribution in [0.5, 0.6) is 0 Å². The molecule has 1 saturated heterocycles. The molecule has 2 aromatic carbocycles. The van der Waals surface area contributed by atoms with Gasteiger partial charge >= 0.3 is 0 Å². The smallest absolute Gasteiger partial charge is 0.164 e. The highest BCUT2D eigenvalue weighted by atomic mass is 16.3. The number of likely N-dealkylation sites (tertiary alicyclic amines) is 1. The lowest BCUT2D eigenvalue weighted by atomic mass is 9.88. The minimum atomic E-state index is -5.06. The van der Waals surface area contributed by atoms with Gasteiger partial charge in [-0.05, 0) is 31.7 Å². The molecule has 0 amide bonds. The SMILES string of the molecule is [2H]c1c([2H])c([2H])c(C(=O)C([2H])([2H])[C@]2([2H])N(C([2H])([2H])[2H])[C@]([2H])(C([2H])([2H])[C@@]([2H])(O)c3c([2H])c([2H])c([2H])c([2H])c3[2H])C([2H])([2H])C([2H])([2H])C2([2H])[2H])c([2H])c1[2H]. The first-order valence-electron chi connectivity index (χ1n) is 19.6. The van der Waals surface area contributed by atoms with Crippen LogP contribution in [0.25, 0.3) is 0 Å². The number of hydrogen-bond donors (Lipinski definition) is 1. The molecular weight excluding hydrogens is 310 g/mol. The Balaban J connectivity index is 2.66. The third-order valence-corrected chi connectivity index (χ3v) is 2.74. The van der Waals surface area contributed by atoms with Gasteiger partial charge in [-0.15, -0.1) is 0 Å². The standard InChI is InChI=1S/C22H27NO2/c1-23-19(15-21(24)17-9-4-2-5-10-17)13-8-14-20(23)16-22(25)18-11-6-3-7-12-18/h2-7,9-12,19-21,24H,8,13-16H2,1H3/t19-,20+,21+/m0/s1/i1D3,2D,3D,4D,5D,6D,7D,8D2,9D,10D,11D,12D,13D2,14D2,15D2,16D2,19D,20D,21D. The highest BCUT2D eigenvalue weighted by Crippen LogP contribution is 2.30. The van der Waals surface area contributed by atoms with Crippen molar-refractivity contribution >= 4 is 5.78 Å². The molecule has 1 heterocycles. The molecule has 0 saturated carbocycles. The Morgan fingerprint density at radius 2 is 1.96 bits per heavy atom. The largest absolute Gasteiger partial charge is 0.388 e. The number of aliphatic hydroxyl groups is 1. The summed E-state index contributed by atoms with van der Waals surface area (Å²) in [6, 6.07) is -23.7. The highest BCUT2D eigenvalue weighted by molar-refractivity contribution is 5.96. The number of hydrogen-bond acceptors (Lipinski definition) is 3. The van der Waals surface area contributed by atoms with Crippen LogP contribution in [-0.2, 0) is 0 Å². The number of Topliss-reactive ketones (excluding diaryl/α,β-unsaturated/α-hetero) is 1. The van der Waals surface area contributed by atoms with E-state index < -0.39 is 139 Å². The summed E-state index contributed by atoms with van der Waals surface area (Å²) in [6.45, 7) is -4.63. The van der Waals surface area contributed by atoms with Crippen molar-refractivity contribution in [3.05, 3.63) is 71.6 Å². The number of ketones is 1. The van der Waals surface area contributed by atoms with E-state index in [1.54, 1.807) is 0 Å². The van der Waals surface area contributed by atoms with E-state index in [9.17, 15) is 9.90 Å². The summed E-state index contributed by atoms with van der Waals surface area (Å²) in [7, 11) is 0. The van der Waals surface area contributed by atoms with E-state index in [1.165, 1.54) is 0 Å². The van der Waals surface area contributed by atoms with Crippen molar-refractivity contribution in [2.75, 3.05) is 6.98 Å². The van der Waals surface area contributed by atoms with Crippen LogP contribution in [0, 0.1) is 0 Å². The number of carbonyl (C=O) groups is 1. The summed E-state index contributed by atoms with van der Waals surface area (Å²) in [5.74, 6) is -2.51. The first-order valence-corrected chi connectivity index (χ1v) is 6.60. The predicted molar refractivity (Wildman–Crippen MR) is 101 cm³/mol. The Hall–Kier alpha value is -1.97. The second-order valence-corrected chi connectivity index (χ2v) is 4.34. The minimum absolute atomic E-state index is 1.13. The molecule has 0 radical (unpaired) electrons. The average Bonchev–Trinajstić information content (AvgIpc) is 2.98. The van der Waals surface area contributed by atoms with E-state index in [0.717, 1.165) is 0 Å². The number of nitrogens with zero attached hydrogens (tertiary/aromatic N) is 1. The molecular formula is C22H27NO2. The number of piperidine rings is 1. The van der Waals surface area contributed by atoms with Crippen molar-refractivity contribution in [1.29, 1.82) is 0 Å². The lowest BCUT2D eigenvalue weighted by Crippen LogP contribution is -2.45. The van der Waals surface area contributed by atoms with Gasteiger partial charge in [-0.25, -0.2) is 0 Å². The fraction of sp³-hybridized carbons (Fsp3) is 0.409. The Morgan fingerprint density at radius 1 is 1.32 bits per heavy atom. The van der Waals surface area contributed by atoms with Gasteiger partial charge in [-0.1, -0.05) is 66.8 Å². The van der Waals surface area contributed by atoms with E-state index >= 15 is 0 Å². The van der Waals surface area contributed by atoms with Crippen LogP contribution in [0.1, 0.15) is 89.5 Å². The van der Waals surface area contributed by atoms with Gasteiger partial charge in [0, 0.05) is 44.5 Å². The van der Waals surface area contributed by atoms with E-state index in [1.807, 2.05) is 0 Å². The normalized spacial score (nSPS) is 52.4. The summed E-state index contributed by atoms with van der Waals surface area (Å²) in [5, 5.41) is 11.4. The van der Waals surface area contributed by atoms with E-state index in [2.05, 4.69) is 0 Å². The quantitative estimate of drug-likeness (QED) is 0.781. The summed E-state index contributed by atoms with van der Waals surface area (Å²) in [5.41, 5.74) is -3.43. The summed E-state index contributed by atoms with van der Waals surface area (Å²) in [6.07, 6.45) is -28.6. The molecule has 25 heavy (non-hydrogen) atoms. The molecule has 1 aliphatic rings. The van der Waals surface area contributed by atoms with Crippen molar-refractivity contribution in [3.63, 3.8) is 0 Å². The van der Waals surface area contributed by atoms with Crippen molar-refractivity contribution in [1.82, 2.24) is 4.90 Å². The first-order chi connectivity index (χ1) is 22.4. The van der Waals surface area contributed by atoms with Gasteiger partial charge in [0.25, 0.3) is 0 Å². The van der Waals surface area contributed by atoms with Gasteiger partial charge in [0.2, 0.25) is 0 Å². The van der Waals surface area contributed by atoms with Crippen LogP contribution in [0.2, 0.25) is 0 Å². The molecule has 1 N–H and O–H groups in total. The van der Waals surface area contributed by atoms with Gasteiger partial charge in [0.1, 0.15) is 0 Å². The van der Waals surface area contributed by atoms with Crippen molar-refractivity contribution in [2.45, 2.75) is 50.0 Å². The summed E-state index contributed by atoms with van der Waals surface area (Å²) >= 11 is 0. The van der Waals surface area contributed by atoms with Gasteiger partial charge in [-0.3, -0.25) is 9.69 Å². The van der Waals surface area contributed by atoms with Crippen LogP contribution in [0.4, 0.5) is 0 Å². The average molecular weight is 364 g/mol. The fourth-order valence-electron chi connectivity index (χ4n) is 1.62. The van der Waals surface area contributed by atoms with E-state index in [4.69, 9.17) is 35.6 Å². The molecule has 0 aliphatic carbocycles. The van der Waals surface area contributed by atoms with Crippen LogP contribution in [-0.4, -0.2) is 34.8 Å². The maximum absolute atomic E-state index is 13.9. The Bertz CT molecular complexity index is 1760. The molecule has 3 rings (SSSR count). The van der Waals surface area contributed by atoms with Crippen LogP contribution >= 0.6 is 0 Å². The maximum atomic E-state index is 13.9. The molecule has 0 spiro atoms. The lowest BCUT2D eigenvalue weighted by Gasteiger charge is -2.40. The molecule has 1 aliphatic heterocycles. The third kappa shape index (κ3) is 4.56. The number of carbonyl (C=O) groups excluding carboxylic acids is 1. The minimum Gasteiger partial charge on any atom is -0.388 e. The Morgan fingerprint density at radius 3 is 2.64 bits per heavy atom. The number of benzene rings is 2. The molecule has 0 aromatic heterocycles. The number of rotatable bonds is 6. The zero-order valence-corrected chi connectivity index (χ0v) is 12.3. The monoisotopic (exact) mass is 363 g/mol. The van der Waals surface area contributed by atoms with Gasteiger partial charge in [0.15, 0.2) is 5.78 Å². The molecule has 3 heteroatoms. The molecule has 2 aromatic rings. The molecule has 0 unspecified atom stereocenters. The third-order valence-electron chi connectivity index (χ3n) is 2.74. The second-order valence-electron chi connectivity index (χ2n) is 4.34. The van der Waals surface area contributed by atoms with Gasteiger partial charge < -0.3 is 5.11 Å². The van der Waals surface area contributed by atoms with Crippen molar-refractivity contribution < 1.29 is 45.5 Å². The van der Waals surface area contributed by atoms with Crippen molar-refractivity contribution in [2.24, 2.45) is 0 Å². The zero-order valence-electron chi connectivity index (χ0n) is 38.3. The Labute approximate surface area is 186 Å². The second kappa shape index (κ2) is 8.41. The molecule has 1 fully saturated rings. The molecule has 3 atom stereocenters.